The van der Waals surface area contributed by atoms with Crippen LogP contribution in [0.2, 0.25) is 0 Å². The highest BCUT2D eigenvalue weighted by Gasteiger charge is 2.19. The van der Waals surface area contributed by atoms with E-state index in [4.69, 9.17) is 4.42 Å². The average Bonchev–Trinajstić information content (AvgIpc) is 2.69. The average molecular weight is 259 g/mol. The second-order valence-electron chi connectivity index (χ2n) is 4.55. The van der Waals surface area contributed by atoms with E-state index in [9.17, 15) is 4.79 Å². The van der Waals surface area contributed by atoms with Crippen molar-refractivity contribution in [3.63, 3.8) is 0 Å². The molecule has 100 valence electrons. The molecule has 0 radical (unpaired) electrons. The van der Waals surface area contributed by atoms with E-state index in [0.29, 0.717) is 11.6 Å². The molecule has 2 aromatic heterocycles. The van der Waals surface area contributed by atoms with Gasteiger partial charge in [0.25, 0.3) is 5.91 Å². The Morgan fingerprint density at radius 2 is 2.11 bits per heavy atom. The quantitative estimate of drug-likeness (QED) is 0.919. The molecule has 0 fully saturated rings. The van der Waals surface area contributed by atoms with Gasteiger partial charge in [0, 0.05) is 13.1 Å². The first-order valence-corrected chi connectivity index (χ1v) is 6.15. The lowest BCUT2D eigenvalue weighted by Gasteiger charge is -2.14. The molecule has 0 spiro atoms. The van der Waals surface area contributed by atoms with Crippen molar-refractivity contribution < 1.29 is 9.21 Å². The molecule has 0 saturated carbocycles. The highest BCUT2D eigenvalue weighted by Crippen LogP contribution is 2.16. The molecule has 1 N–H and O–H groups in total. The van der Waals surface area contributed by atoms with Crippen molar-refractivity contribution in [3.8, 4) is 0 Å². The molecule has 1 unspecified atom stereocenters. The zero-order valence-corrected chi connectivity index (χ0v) is 11.5. The Bertz CT molecular complexity index is 604. The molecule has 0 aliphatic heterocycles. The van der Waals surface area contributed by atoms with Crippen molar-refractivity contribution in [1.29, 1.82) is 0 Å². The third-order valence-corrected chi connectivity index (χ3v) is 2.92. The molecule has 19 heavy (non-hydrogen) atoms. The highest BCUT2D eigenvalue weighted by molar-refractivity contribution is 5.92. The monoisotopic (exact) mass is 259 g/mol. The van der Waals surface area contributed by atoms with Crippen molar-refractivity contribution in [2.75, 3.05) is 0 Å². The van der Waals surface area contributed by atoms with Gasteiger partial charge in [-0.1, -0.05) is 6.07 Å². The molecule has 1 amide bonds. The van der Waals surface area contributed by atoms with Gasteiger partial charge in [0.15, 0.2) is 5.89 Å². The zero-order chi connectivity index (χ0) is 14.0. The maximum absolute atomic E-state index is 12.1. The number of hydrogen-bond donors (Lipinski definition) is 1. The second kappa shape index (κ2) is 5.22. The van der Waals surface area contributed by atoms with Crippen LogP contribution in [0.5, 0.6) is 0 Å². The molecule has 0 saturated heterocycles. The summed E-state index contributed by atoms with van der Waals surface area (Å²) in [6.07, 6.45) is 1.72. The van der Waals surface area contributed by atoms with E-state index in [1.165, 1.54) is 0 Å². The molecule has 0 aromatic carbocycles. The summed E-state index contributed by atoms with van der Waals surface area (Å²) in [6.45, 7) is 7.33. The Morgan fingerprint density at radius 3 is 2.68 bits per heavy atom. The number of hydrogen-bond acceptors (Lipinski definition) is 4. The van der Waals surface area contributed by atoms with Gasteiger partial charge in [0.05, 0.1) is 17.4 Å². The summed E-state index contributed by atoms with van der Waals surface area (Å²) >= 11 is 0. The minimum Gasteiger partial charge on any atom is -0.436 e. The molecule has 5 heteroatoms. The van der Waals surface area contributed by atoms with Gasteiger partial charge < -0.3 is 9.73 Å². The third-order valence-electron chi connectivity index (χ3n) is 2.92. The van der Waals surface area contributed by atoms with Crippen LogP contribution in [0.3, 0.4) is 0 Å². The maximum Gasteiger partial charge on any atom is 0.289 e. The fourth-order valence-corrected chi connectivity index (χ4v) is 2.02. The first kappa shape index (κ1) is 13.3. The Balaban J connectivity index is 2.15. The fraction of sp³-hybridized carbons (Fsp3) is 0.357. The van der Waals surface area contributed by atoms with E-state index >= 15 is 0 Å². The van der Waals surface area contributed by atoms with Crippen molar-refractivity contribution in [2.45, 2.75) is 33.7 Å². The van der Waals surface area contributed by atoms with Gasteiger partial charge in [-0.2, -0.15) is 0 Å². The van der Waals surface area contributed by atoms with E-state index in [2.05, 4.69) is 15.3 Å². The number of pyridine rings is 1. The van der Waals surface area contributed by atoms with Gasteiger partial charge in [-0.25, -0.2) is 4.98 Å². The van der Waals surface area contributed by atoms with Gasteiger partial charge in [-0.15, -0.1) is 0 Å². The van der Waals surface area contributed by atoms with Crippen LogP contribution in [0.15, 0.2) is 22.7 Å². The van der Waals surface area contributed by atoms with Crippen LogP contribution in [0, 0.1) is 20.8 Å². The zero-order valence-electron chi connectivity index (χ0n) is 11.5. The largest absolute Gasteiger partial charge is 0.436 e. The van der Waals surface area contributed by atoms with E-state index in [1.54, 1.807) is 20.0 Å². The van der Waals surface area contributed by atoms with Crippen molar-refractivity contribution >= 4 is 5.91 Å². The van der Waals surface area contributed by atoms with Crippen LogP contribution >= 0.6 is 0 Å². The summed E-state index contributed by atoms with van der Waals surface area (Å²) in [5.74, 6) is 0.484. The Labute approximate surface area is 112 Å². The predicted molar refractivity (Wildman–Crippen MR) is 70.8 cm³/mol. The lowest BCUT2D eigenvalue weighted by Crippen LogP contribution is -2.28. The van der Waals surface area contributed by atoms with Gasteiger partial charge in [-0.3, -0.25) is 9.78 Å². The smallest absolute Gasteiger partial charge is 0.289 e. The minimum atomic E-state index is -0.268. The predicted octanol–water partition coefficient (Wildman–Crippen LogP) is 2.49. The summed E-state index contributed by atoms with van der Waals surface area (Å²) in [4.78, 5) is 20.5. The van der Waals surface area contributed by atoms with E-state index in [0.717, 1.165) is 11.3 Å². The Hall–Kier alpha value is -2.17. The fourth-order valence-electron chi connectivity index (χ4n) is 2.02. The number of carbonyl (C=O) groups is 1. The molecular formula is C14H17N3O2. The summed E-state index contributed by atoms with van der Waals surface area (Å²) in [5.41, 5.74) is 2.49. The van der Waals surface area contributed by atoms with Gasteiger partial charge in [0.1, 0.15) is 0 Å². The molecule has 2 aromatic rings. The van der Waals surface area contributed by atoms with Crippen LogP contribution in [0.1, 0.15) is 46.4 Å². The Morgan fingerprint density at radius 1 is 1.37 bits per heavy atom. The second-order valence-corrected chi connectivity index (χ2v) is 4.55. The number of rotatable bonds is 3. The van der Waals surface area contributed by atoms with E-state index in [1.807, 2.05) is 26.0 Å². The molecule has 5 nitrogen and oxygen atoms in total. The molecule has 0 aliphatic rings. The molecule has 2 rings (SSSR count). The van der Waals surface area contributed by atoms with Crippen LogP contribution in [-0.4, -0.2) is 15.9 Å². The van der Waals surface area contributed by atoms with Crippen LogP contribution in [0.4, 0.5) is 0 Å². The van der Waals surface area contributed by atoms with Crippen molar-refractivity contribution in [2.24, 2.45) is 0 Å². The van der Waals surface area contributed by atoms with Crippen molar-refractivity contribution in [1.82, 2.24) is 15.3 Å². The van der Waals surface area contributed by atoms with E-state index < -0.39 is 0 Å². The maximum atomic E-state index is 12.1. The molecule has 2 heterocycles. The first-order valence-electron chi connectivity index (χ1n) is 6.15. The molecule has 0 bridgehead atoms. The normalized spacial score (nSPS) is 12.2. The number of nitrogens with zero attached hydrogens (tertiary/aromatic N) is 2. The van der Waals surface area contributed by atoms with E-state index in [-0.39, 0.29) is 17.7 Å². The number of carbonyl (C=O) groups excluding carboxylic acids is 1. The third kappa shape index (κ3) is 2.81. The first-order chi connectivity index (χ1) is 8.99. The summed E-state index contributed by atoms with van der Waals surface area (Å²) in [6, 6.07) is 3.66. The topological polar surface area (TPSA) is 68.0 Å². The summed E-state index contributed by atoms with van der Waals surface area (Å²) < 4.78 is 5.30. The highest BCUT2D eigenvalue weighted by atomic mass is 16.4. The summed E-state index contributed by atoms with van der Waals surface area (Å²) in [7, 11) is 0. The molecule has 0 aliphatic carbocycles. The van der Waals surface area contributed by atoms with Crippen molar-refractivity contribution in [3.05, 3.63) is 46.9 Å². The minimum absolute atomic E-state index is 0.182. The van der Waals surface area contributed by atoms with Crippen LogP contribution in [0.25, 0.3) is 0 Å². The van der Waals surface area contributed by atoms with Gasteiger partial charge in [-0.05, 0) is 32.4 Å². The molecular weight excluding hydrogens is 242 g/mol. The lowest BCUT2D eigenvalue weighted by molar-refractivity contribution is 0.0909. The number of aromatic nitrogens is 2. The van der Waals surface area contributed by atoms with Crippen LogP contribution < -0.4 is 5.32 Å². The Kier molecular flexibility index (Phi) is 3.64. The number of amides is 1. The SMILES string of the molecule is Cc1nc(C)c(C(=O)NC(C)c2ncccc2C)o1. The summed E-state index contributed by atoms with van der Waals surface area (Å²) in [5, 5.41) is 2.87. The standard InChI is InChI=1S/C14H17N3O2/c1-8-6-5-7-15-12(8)9(2)17-14(18)13-10(3)16-11(4)19-13/h5-7,9H,1-4H3,(H,17,18). The molecule has 1 atom stereocenters. The van der Waals surface area contributed by atoms with Crippen LogP contribution in [-0.2, 0) is 0 Å². The van der Waals surface area contributed by atoms with Gasteiger partial charge in [0.2, 0.25) is 5.76 Å². The van der Waals surface area contributed by atoms with Gasteiger partial charge >= 0.3 is 0 Å². The number of nitrogens with one attached hydrogen (secondary N) is 1. The number of aryl methyl sites for hydroxylation is 3. The lowest BCUT2D eigenvalue weighted by atomic mass is 10.1. The number of oxazole rings is 1.